The number of amides is 1. The van der Waals surface area contributed by atoms with Gasteiger partial charge in [-0.1, -0.05) is 23.7 Å². The molecule has 0 saturated carbocycles. The van der Waals surface area contributed by atoms with E-state index in [2.05, 4.69) is 10.5 Å². The fourth-order valence-electron chi connectivity index (χ4n) is 1.96. The molecule has 0 aliphatic heterocycles. The fraction of sp³-hybridized carbons (Fsp3) is 0.222. The number of para-hydroxylation sites is 2. The van der Waals surface area contributed by atoms with Gasteiger partial charge in [0, 0.05) is 0 Å². The number of nitrogens with zero attached hydrogens (tertiary/aromatic N) is 1. The van der Waals surface area contributed by atoms with Crippen molar-refractivity contribution in [2.45, 2.75) is 6.92 Å². The maximum Gasteiger partial charge on any atom is 0.277 e. The summed E-state index contributed by atoms with van der Waals surface area (Å²) in [4.78, 5) is 11.8. The highest BCUT2D eigenvalue weighted by atomic mass is 35.5. The summed E-state index contributed by atoms with van der Waals surface area (Å²) >= 11 is 6.02. The number of carbonyl (C=O) groups is 1. The van der Waals surface area contributed by atoms with Crippen molar-refractivity contribution in [2.75, 3.05) is 20.3 Å². The van der Waals surface area contributed by atoms with Crippen molar-refractivity contribution >= 4 is 23.7 Å². The van der Waals surface area contributed by atoms with Gasteiger partial charge in [0.2, 0.25) is 0 Å². The Balaban J connectivity index is 1.85. The molecular weight excluding hydrogens is 344 g/mol. The Labute approximate surface area is 151 Å². The third-order valence-corrected chi connectivity index (χ3v) is 3.38. The molecule has 2 aromatic rings. The van der Waals surface area contributed by atoms with Crippen molar-refractivity contribution in [3.8, 4) is 17.2 Å². The monoisotopic (exact) mass is 362 g/mol. The molecule has 25 heavy (non-hydrogen) atoms. The van der Waals surface area contributed by atoms with Gasteiger partial charge in [-0.2, -0.15) is 5.10 Å². The minimum atomic E-state index is -0.387. The predicted molar refractivity (Wildman–Crippen MR) is 96.8 cm³/mol. The van der Waals surface area contributed by atoms with E-state index in [4.69, 9.17) is 25.8 Å². The predicted octanol–water partition coefficient (Wildman–Crippen LogP) is 3.28. The summed E-state index contributed by atoms with van der Waals surface area (Å²) in [6.07, 6.45) is 1.48. The fourth-order valence-corrected chi connectivity index (χ4v) is 2.23. The molecule has 0 atom stereocenters. The molecule has 0 aliphatic rings. The lowest BCUT2D eigenvalue weighted by atomic mass is 10.2. The molecule has 6 nitrogen and oxygen atoms in total. The number of halogens is 1. The highest BCUT2D eigenvalue weighted by molar-refractivity contribution is 6.32. The van der Waals surface area contributed by atoms with Gasteiger partial charge in [0.1, 0.15) is 5.75 Å². The van der Waals surface area contributed by atoms with E-state index in [0.29, 0.717) is 28.9 Å². The maximum absolute atomic E-state index is 11.8. The van der Waals surface area contributed by atoms with Crippen LogP contribution in [0.15, 0.2) is 47.6 Å². The first kappa shape index (κ1) is 18.6. The topological polar surface area (TPSA) is 69.2 Å². The van der Waals surface area contributed by atoms with Crippen LogP contribution in [0.3, 0.4) is 0 Å². The van der Waals surface area contributed by atoms with Crippen LogP contribution in [0.4, 0.5) is 0 Å². The van der Waals surface area contributed by atoms with Crippen LogP contribution in [0.1, 0.15) is 12.5 Å². The van der Waals surface area contributed by atoms with Crippen LogP contribution >= 0.6 is 11.6 Å². The molecular formula is C18H19ClN2O4. The third kappa shape index (κ3) is 5.69. The number of hydrogen-bond donors (Lipinski definition) is 1. The Bertz CT molecular complexity index is 750. The quantitative estimate of drug-likeness (QED) is 0.578. The lowest BCUT2D eigenvalue weighted by molar-refractivity contribution is -0.123. The molecule has 0 aromatic heterocycles. The van der Waals surface area contributed by atoms with Crippen molar-refractivity contribution in [1.82, 2.24) is 5.43 Å². The largest absolute Gasteiger partial charge is 0.495 e. The van der Waals surface area contributed by atoms with Gasteiger partial charge in [-0.25, -0.2) is 5.43 Å². The maximum atomic E-state index is 11.8. The smallest absolute Gasteiger partial charge is 0.277 e. The average Bonchev–Trinajstić information content (AvgIpc) is 2.61. The second kappa shape index (κ2) is 9.54. The van der Waals surface area contributed by atoms with Gasteiger partial charge in [-0.05, 0) is 42.8 Å². The lowest BCUT2D eigenvalue weighted by Gasteiger charge is -2.10. The second-order valence-electron chi connectivity index (χ2n) is 4.86. The zero-order chi connectivity index (χ0) is 18.1. The first-order valence-electron chi connectivity index (χ1n) is 7.64. The van der Waals surface area contributed by atoms with Crippen molar-refractivity contribution in [3.05, 3.63) is 53.1 Å². The summed E-state index contributed by atoms with van der Waals surface area (Å²) in [6.45, 7) is 2.22. The zero-order valence-electron chi connectivity index (χ0n) is 14.0. The minimum Gasteiger partial charge on any atom is -0.495 e. The standard InChI is InChI=1S/C18H19ClN2O4/c1-3-24-16-6-4-5-7-17(16)25-12-18(22)21-20-11-13-8-9-15(23-2)14(19)10-13/h4-11H,3,12H2,1-2H3,(H,21,22). The molecule has 2 aromatic carbocycles. The number of hydrogen-bond acceptors (Lipinski definition) is 5. The molecule has 0 saturated heterocycles. The van der Waals surface area contributed by atoms with Crippen LogP contribution in [-0.2, 0) is 4.79 Å². The van der Waals surface area contributed by atoms with E-state index in [1.165, 1.54) is 6.21 Å². The van der Waals surface area contributed by atoms with Gasteiger partial charge in [0.25, 0.3) is 5.91 Å². The highest BCUT2D eigenvalue weighted by Gasteiger charge is 2.06. The summed E-state index contributed by atoms with van der Waals surface area (Å²) in [7, 11) is 1.54. The SMILES string of the molecule is CCOc1ccccc1OCC(=O)NN=Cc1ccc(OC)c(Cl)c1. The summed E-state index contributed by atoms with van der Waals surface area (Å²) < 4.78 is 16.0. The first-order chi connectivity index (χ1) is 12.1. The number of benzene rings is 2. The first-order valence-corrected chi connectivity index (χ1v) is 8.02. The van der Waals surface area contributed by atoms with Crippen LogP contribution in [0.25, 0.3) is 0 Å². The van der Waals surface area contributed by atoms with E-state index in [9.17, 15) is 4.79 Å². The Morgan fingerprint density at radius 2 is 1.88 bits per heavy atom. The van der Waals surface area contributed by atoms with Crippen LogP contribution in [0.5, 0.6) is 17.2 Å². The van der Waals surface area contributed by atoms with Gasteiger partial charge in [-0.3, -0.25) is 4.79 Å². The molecule has 0 radical (unpaired) electrons. The number of methoxy groups -OCH3 is 1. The van der Waals surface area contributed by atoms with Crippen molar-refractivity contribution in [3.63, 3.8) is 0 Å². The Kier molecular flexibility index (Phi) is 7.10. The molecule has 0 bridgehead atoms. The summed E-state index contributed by atoms with van der Waals surface area (Å²) in [5.41, 5.74) is 3.12. The van der Waals surface area contributed by atoms with Gasteiger partial charge in [0.15, 0.2) is 18.1 Å². The average molecular weight is 363 g/mol. The van der Waals surface area contributed by atoms with E-state index in [-0.39, 0.29) is 12.5 Å². The number of rotatable bonds is 8. The second-order valence-corrected chi connectivity index (χ2v) is 5.26. The molecule has 2 rings (SSSR count). The Morgan fingerprint density at radius 1 is 1.16 bits per heavy atom. The number of nitrogens with one attached hydrogen (secondary N) is 1. The zero-order valence-corrected chi connectivity index (χ0v) is 14.7. The van der Waals surface area contributed by atoms with Crippen LogP contribution in [0, 0.1) is 0 Å². The molecule has 1 N–H and O–H groups in total. The number of ether oxygens (including phenoxy) is 3. The summed E-state index contributed by atoms with van der Waals surface area (Å²) in [5, 5.41) is 4.34. The number of carbonyl (C=O) groups excluding carboxylic acids is 1. The van der Waals surface area contributed by atoms with Gasteiger partial charge in [-0.15, -0.1) is 0 Å². The molecule has 0 fully saturated rings. The van der Waals surface area contributed by atoms with Gasteiger partial charge in [0.05, 0.1) is 25.0 Å². The molecule has 7 heteroatoms. The minimum absolute atomic E-state index is 0.176. The van der Waals surface area contributed by atoms with Crippen LogP contribution < -0.4 is 19.6 Å². The lowest BCUT2D eigenvalue weighted by Crippen LogP contribution is -2.24. The van der Waals surface area contributed by atoms with E-state index < -0.39 is 0 Å². The van der Waals surface area contributed by atoms with Gasteiger partial charge < -0.3 is 14.2 Å². The molecule has 1 amide bonds. The molecule has 0 aliphatic carbocycles. The van der Waals surface area contributed by atoms with Crippen LogP contribution in [-0.4, -0.2) is 32.4 Å². The van der Waals surface area contributed by atoms with E-state index in [0.717, 1.165) is 5.56 Å². The molecule has 132 valence electrons. The van der Waals surface area contributed by atoms with Crippen molar-refractivity contribution in [1.29, 1.82) is 0 Å². The summed E-state index contributed by atoms with van der Waals surface area (Å²) in [5.74, 6) is 1.28. The third-order valence-electron chi connectivity index (χ3n) is 3.09. The normalized spacial score (nSPS) is 10.5. The van der Waals surface area contributed by atoms with Crippen molar-refractivity contribution in [2.24, 2.45) is 5.10 Å². The Hall–Kier alpha value is -2.73. The molecule has 0 heterocycles. The molecule has 0 unspecified atom stereocenters. The van der Waals surface area contributed by atoms with Crippen molar-refractivity contribution < 1.29 is 19.0 Å². The summed E-state index contributed by atoms with van der Waals surface area (Å²) in [6, 6.07) is 12.3. The van der Waals surface area contributed by atoms with E-state index in [1.807, 2.05) is 13.0 Å². The van der Waals surface area contributed by atoms with Crippen LogP contribution in [0.2, 0.25) is 5.02 Å². The van der Waals surface area contributed by atoms with Gasteiger partial charge >= 0.3 is 0 Å². The Morgan fingerprint density at radius 3 is 2.52 bits per heavy atom. The van der Waals surface area contributed by atoms with E-state index in [1.54, 1.807) is 43.5 Å². The van der Waals surface area contributed by atoms with E-state index >= 15 is 0 Å². The number of hydrazone groups is 1. The highest BCUT2D eigenvalue weighted by Crippen LogP contribution is 2.26. The molecule has 0 spiro atoms.